The van der Waals surface area contributed by atoms with Crippen LogP contribution in [0.4, 0.5) is 4.79 Å². The number of urea groups is 1. The van der Waals surface area contributed by atoms with Gasteiger partial charge in [0.1, 0.15) is 0 Å². The Morgan fingerprint density at radius 3 is 2.50 bits per heavy atom. The summed E-state index contributed by atoms with van der Waals surface area (Å²) in [4.78, 5) is 9.47. The Labute approximate surface area is 26.5 Å². The molecule has 0 heterocycles. The van der Waals surface area contributed by atoms with E-state index in [4.69, 9.17) is 2.82 Å². The zero-order valence-electron chi connectivity index (χ0n) is 3.93. The molecule has 24 valence electrons. The second kappa shape index (κ2) is 0.711. The summed E-state index contributed by atoms with van der Waals surface area (Å²) in [5.41, 5.74) is 4.15. The largest absolute Gasteiger partial charge is 0.352 e. The van der Waals surface area contributed by atoms with Gasteiger partial charge in [0, 0.05) is 0 Å². The first kappa shape index (κ1) is 0.924. The molecule has 3 heteroatoms. The maximum Gasteiger partial charge on any atom is 0.309 e. The monoisotopic (exact) mass is 64.0 g/mol. The lowest BCUT2D eigenvalue weighted by atomic mass is 11.2. The highest BCUT2D eigenvalue weighted by atomic mass is 16.2. The van der Waals surface area contributed by atoms with Crippen LogP contribution in [0, 0.1) is 0 Å². The third-order valence-electron chi connectivity index (χ3n) is 0. The van der Waals surface area contributed by atoms with Crippen molar-refractivity contribution in [1.82, 2.24) is 0 Å². The van der Waals surface area contributed by atoms with Gasteiger partial charge in [0.2, 0.25) is 0 Å². The van der Waals surface area contributed by atoms with E-state index in [0.29, 0.717) is 0 Å². The van der Waals surface area contributed by atoms with Gasteiger partial charge in [-0.15, -0.1) is 0 Å². The second-order valence-corrected chi connectivity index (χ2v) is 0.338. The van der Waals surface area contributed by atoms with Gasteiger partial charge in [0.15, 0.2) is 2.82 Å². The molecule has 0 aliphatic rings. The fourth-order valence-corrected chi connectivity index (χ4v) is 0. The minimum atomic E-state index is -1.07. The fourth-order valence-electron chi connectivity index (χ4n) is 0. The van der Waals surface area contributed by atoms with E-state index in [1.807, 2.05) is 0 Å². The summed E-state index contributed by atoms with van der Waals surface area (Å²) >= 11 is 0. The number of amides is 2. The Morgan fingerprint density at radius 1 is 2.25 bits per heavy atom. The molecular formula is CH4N2O. The molecule has 0 aromatic carbocycles. The number of rotatable bonds is 0. The zero-order chi connectivity index (χ0) is 5.15. The predicted octanol–water partition coefficient (Wildman–Crippen LogP) is -0.976. The lowest BCUT2D eigenvalue weighted by Gasteiger charge is -1.62. The van der Waals surface area contributed by atoms with Crippen LogP contribution >= 0.6 is 0 Å². The summed E-state index contributed by atoms with van der Waals surface area (Å²) in [7, 11) is 0. The minimum absolute atomic E-state index is 0.194. The normalized spacial score (nSPS) is 12.0. The van der Waals surface area contributed by atoms with Crippen LogP contribution in [0.2, 0.25) is 2.82 Å². The van der Waals surface area contributed by atoms with E-state index in [9.17, 15) is 4.79 Å². The van der Waals surface area contributed by atoms with Gasteiger partial charge < -0.3 is 11.5 Å². The van der Waals surface area contributed by atoms with Gasteiger partial charge >= 0.3 is 6.03 Å². The first-order valence-corrected chi connectivity index (χ1v) is 0.716. The van der Waals surface area contributed by atoms with Crippen LogP contribution in [-0.4, -0.2) is 6.03 Å². The average molecular weight is 64.1 g/mol. The van der Waals surface area contributed by atoms with Crippen molar-refractivity contribution in [3.8, 4) is 0 Å². The zero-order valence-corrected chi connectivity index (χ0v) is 1.93. The summed E-state index contributed by atoms with van der Waals surface area (Å²) < 4.78 is 12.1. The Bertz CT molecular complexity index is 62.6. The number of hydrogen-bond donors (Lipinski definition) is 2. The van der Waals surface area contributed by atoms with Crippen LogP contribution < -0.4 is 11.5 Å². The topological polar surface area (TPSA) is 69.1 Å². The summed E-state index contributed by atoms with van der Waals surface area (Å²) in [6.07, 6.45) is 0. The summed E-state index contributed by atoms with van der Waals surface area (Å²) in [6, 6.07) is -1.07. The van der Waals surface area contributed by atoms with E-state index in [1.165, 1.54) is 0 Å². The van der Waals surface area contributed by atoms with Crippen molar-refractivity contribution in [3.63, 3.8) is 0 Å². The number of primary amides is 2. The molecule has 0 unspecified atom stereocenters. The highest BCUT2D eigenvalue weighted by molar-refractivity contribution is 5.69. The van der Waals surface area contributed by atoms with Crippen molar-refractivity contribution < 1.29 is 7.62 Å². The van der Waals surface area contributed by atoms with Crippen molar-refractivity contribution in [2.75, 3.05) is 0 Å². The Hall–Kier alpha value is -0.730. The van der Waals surface area contributed by atoms with E-state index in [1.54, 1.807) is 0 Å². The highest BCUT2D eigenvalue weighted by Gasteiger charge is 1.60. The Morgan fingerprint density at radius 2 is 2.50 bits per heavy atom. The van der Waals surface area contributed by atoms with Gasteiger partial charge in [0.25, 0.3) is 0 Å². The molecule has 0 rings (SSSR count). The first-order chi connectivity index (χ1) is 2.64. The van der Waals surface area contributed by atoms with E-state index in [0.717, 1.165) is 0 Å². The van der Waals surface area contributed by atoms with Crippen LogP contribution in [-0.2, 0) is 0 Å². The predicted molar refractivity (Wildman–Crippen MR) is 13.8 cm³/mol. The molecule has 0 fully saturated rings. The van der Waals surface area contributed by atoms with E-state index >= 15 is 0 Å². The molecular weight excluding hydrogens is 56.0 g/mol. The van der Waals surface area contributed by atoms with Gasteiger partial charge in [-0.1, -0.05) is 0 Å². The molecule has 0 aromatic rings. The third-order valence-corrected chi connectivity index (χ3v) is 0. The van der Waals surface area contributed by atoms with Crippen molar-refractivity contribution in [3.05, 3.63) is 0 Å². The molecule has 4 heavy (non-hydrogen) atoms. The molecule has 0 atom stereocenters. The molecule has 0 radical (unpaired) electrons. The van der Waals surface area contributed by atoms with Gasteiger partial charge in [-0.3, -0.25) is 0 Å². The third kappa shape index (κ3) is 0.174. The molecule has 2 amide bonds. The standard InChI is InChI=1S/CH4N2O/c2-1(3)4/h(H4,2,3,4)/i/hT2. The summed E-state index contributed by atoms with van der Waals surface area (Å²) in [5.74, 6) is 0. The van der Waals surface area contributed by atoms with Crippen molar-refractivity contribution in [2.24, 2.45) is 11.5 Å². The van der Waals surface area contributed by atoms with Gasteiger partial charge in [-0.25, -0.2) is 4.79 Å². The van der Waals surface area contributed by atoms with E-state index in [2.05, 4.69) is 5.73 Å². The van der Waals surface area contributed by atoms with Crippen LogP contribution in [0.25, 0.3) is 0 Å². The molecule has 0 saturated heterocycles. The summed E-state index contributed by atoms with van der Waals surface area (Å²) in [6.45, 7) is 0. The second-order valence-electron chi connectivity index (χ2n) is 0.338. The first-order valence-electron chi connectivity index (χ1n) is 1.61. The quantitative estimate of drug-likeness (QED) is 0.373. The van der Waals surface area contributed by atoms with E-state index < -0.39 is 6.03 Å². The fraction of sp³-hybridized carbons (Fsp3) is 0. The van der Waals surface area contributed by atoms with Gasteiger partial charge in [-0.2, -0.15) is 0 Å². The average Bonchev–Trinajstić information content (AvgIpc) is 1.36. The van der Waals surface area contributed by atoms with E-state index in [-0.39, 0.29) is 5.72 Å². The molecule has 3 nitrogen and oxygen atoms in total. The van der Waals surface area contributed by atoms with Crippen molar-refractivity contribution in [1.29, 1.82) is 0 Å². The molecule has 0 spiro atoms. The van der Waals surface area contributed by atoms with Crippen molar-refractivity contribution in [2.45, 2.75) is 0 Å². The van der Waals surface area contributed by atoms with Gasteiger partial charge in [-0.05, 0) is 0 Å². The highest BCUT2D eigenvalue weighted by Crippen LogP contribution is 1.25. The number of nitrogens with two attached hydrogens (primary N) is 2. The molecule has 0 aliphatic heterocycles. The molecule has 0 aliphatic carbocycles. The Balaban J connectivity index is 3.26. The molecule has 0 aromatic heterocycles. The number of carbonyl (C=O) groups is 1. The Kier molecular flexibility index (Phi) is 0.164. The van der Waals surface area contributed by atoms with Crippen LogP contribution in [0.5, 0.6) is 0 Å². The maximum absolute atomic E-state index is 9.47. The SMILES string of the molecule is [3H]N([3H])C(N)=O. The summed E-state index contributed by atoms with van der Waals surface area (Å²) in [5, 5.41) is 0. The molecule has 0 saturated carbocycles. The van der Waals surface area contributed by atoms with Crippen LogP contribution in [0.3, 0.4) is 0 Å². The number of hydrogen-bond acceptors (Lipinski definition) is 1. The van der Waals surface area contributed by atoms with Crippen LogP contribution in [0.15, 0.2) is 0 Å². The van der Waals surface area contributed by atoms with Crippen LogP contribution in [0.1, 0.15) is 0 Å². The minimum Gasteiger partial charge on any atom is -0.352 e. The maximum atomic E-state index is 9.47. The van der Waals surface area contributed by atoms with Crippen molar-refractivity contribution >= 4 is 6.03 Å². The molecule has 4 N–H and O–H groups in total. The van der Waals surface area contributed by atoms with Gasteiger partial charge in [0.05, 0.1) is 0 Å². The lowest BCUT2D eigenvalue weighted by Crippen LogP contribution is -2.18. The molecule has 0 bridgehead atoms. The number of carbonyl (C=O) groups excluding carboxylic acids is 1. The lowest BCUT2D eigenvalue weighted by molar-refractivity contribution is 0.256. The smallest absolute Gasteiger partial charge is 0.309 e.